The van der Waals surface area contributed by atoms with Gasteiger partial charge in [0.1, 0.15) is 0 Å². The number of nitrogens with one attached hydrogen (secondary N) is 1. The number of rotatable bonds is 7. The van der Waals surface area contributed by atoms with Crippen molar-refractivity contribution in [1.82, 2.24) is 4.90 Å². The molecule has 0 atom stereocenters. The molecule has 1 rings (SSSR count). The van der Waals surface area contributed by atoms with Crippen molar-refractivity contribution in [2.75, 3.05) is 44.9 Å². The zero-order chi connectivity index (χ0) is 14.3. The minimum atomic E-state index is -0.00188. The Bertz CT molecular complexity index is 421. The number of ether oxygens (including phenoxy) is 1. The van der Waals surface area contributed by atoms with Crippen LogP contribution in [0.15, 0.2) is 18.2 Å². The first-order valence-corrected chi connectivity index (χ1v) is 6.37. The Morgan fingerprint density at radius 3 is 2.84 bits per heavy atom. The molecule has 106 valence electrons. The first-order valence-electron chi connectivity index (χ1n) is 6.37. The second kappa shape index (κ2) is 7.76. The number of amides is 1. The van der Waals surface area contributed by atoms with Gasteiger partial charge in [0.25, 0.3) is 0 Å². The lowest BCUT2D eigenvalue weighted by Crippen LogP contribution is -2.27. The fourth-order valence-corrected chi connectivity index (χ4v) is 1.65. The molecule has 0 saturated carbocycles. The summed E-state index contributed by atoms with van der Waals surface area (Å²) in [4.78, 5) is 13.9. The summed E-state index contributed by atoms with van der Waals surface area (Å²) in [5.41, 5.74) is 8.18. The number of nitrogens with zero attached hydrogens (tertiary/aromatic N) is 1. The van der Waals surface area contributed by atoms with Crippen molar-refractivity contribution in [2.45, 2.75) is 13.3 Å². The van der Waals surface area contributed by atoms with Crippen molar-refractivity contribution >= 4 is 17.3 Å². The van der Waals surface area contributed by atoms with Gasteiger partial charge < -0.3 is 20.7 Å². The van der Waals surface area contributed by atoms with Gasteiger partial charge >= 0.3 is 0 Å². The highest BCUT2D eigenvalue weighted by atomic mass is 16.5. The van der Waals surface area contributed by atoms with E-state index in [1.165, 1.54) is 0 Å². The van der Waals surface area contributed by atoms with Gasteiger partial charge in [-0.15, -0.1) is 0 Å². The van der Waals surface area contributed by atoms with Gasteiger partial charge in [-0.3, -0.25) is 4.79 Å². The van der Waals surface area contributed by atoms with Crippen LogP contribution in [0.5, 0.6) is 0 Å². The summed E-state index contributed by atoms with van der Waals surface area (Å²) in [6, 6.07) is 5.52. The molecule has 0 aliphatic rings. The molecule has 0 spiro atoms. The minimum Gasteiger partial charge on any atom is -0.398 e. The molecule has 5 nitrogen and oxygen atoms in total. The van der Waals surface area contributed by atoms with E-state index in [1.807, 2.05) is 32.2 Å². The number of hydrogen-bond donors (Lipinski definition) is 2. The first-order chi connectivity index (χ1) is 9.04. The Labute approximate surface area is 114 Å². The molecule has 5 heteroatoms. The molecule has 1 amide bonds. The Morgan fingerprint density at radius 1 is 1.42 bits per heavy atom. The molecule has 1 aromatic carbocycles. The number of benzene rings is 1. The Morgan fingerprint density at radius 2 is 2.16 bits per heavy atom. The van der Waals surface area contributed by atoms with E-state index in [-0.39, 0.29) is 5.91 Å². The van der Waals surface area contributed by atoms with Crippen LogP contribution < -0.4 is 11.1 Å². The van der Waals surface area contributed by atoms with E-state index in [4.69, 9.17) is 10.5 Å². The van der Waals surface area contributed by atoms with Crippen LogP contribution in [0.2, 0.25) is 0 Å². The van der Waals surface area contributed by atoms with E-state index in [9.17, 15) is 4.79 Å². The lowest BCUT2D eigenvalue weighted by molar-refractivity contribution is -0.116. The molecular weight excluding hydrogens is 242 g/mol. The van der Waals surface area contributed by atoms with Gasteiger partial charge in [0.2, 0.25) is 5.91 Å². The van der Waals surface area contributed by atoms with Crippen LogP contribution in [-0.4, -0.2) is 44.7 Å². The second-order valence-corrected chi connectivity index (χ2v) is 4.61. The Hall–Kier alpha value is -1.59. The summed E-state index contributed by atoms with van der Waals surface area (Å²) in [5, 5.41) is 2.89. The molecule has 0 aromatic heterocycles. The van der Waals surface area contributed by atoms with Crippen molar-refractivity contribution in [3.63, 3.8) is 0 Å². The maximum atomic E-state index is 11.8. The largest absolute Gasteiger partial charge is 0.398 e. The number of carbonyl (C=O) groups is 1. The predicted octanol–water partition coefficient (Wildman–Crippen LogP) is 1.48. The van der Waals surface area contributed by atoms with Crippen LogP contribution in [0, 0.1) is 6.92 Å². The van der Waals surface area contributed by atoms with Crippen molar-refractivity contribution in [3.8, 4) is 0 Å². The fraction of sp³-hybridized carbons (Fsp3) is 0.500. The number of anilines is 2. The van der Waals surface area contributed by atoms with Crippen molar-refractivity contribution in [3.05, 3.63) is 23.8 Å². The zero-order valence-electron chi connectivity index (χ0n) is 11.9. The van der Waals surface area contributed by atoms with Gasteiger partial charge in [-0.25, -0.2) is 0 Å². The maximum absolute atomic E-state index is 11.8. The van der Waals surface area contributed by atoms with E-state index in [0.29, 0.717) is 25.3 Å². The van der Waals surface area contributed by atoms with Crippen LogP contribution in [0.1, 0.15) is 12.0 Å². The quantitative estimate of drug-likeness (QED) is 0.733. The highest BCUT2D eigenvalue weighted by Crippen LogP contribution is 2.20. The van der Waals surface area contributed by atoms with E-state index in [0.717, 1.165) is 17.8 Å². The molecule has 19 heavy (non-hydrogen) atoms. The van der Waals surface area contributed by atoms with E-state index in [1.54, 1.807) is 7.11 Å². The predicted molar refractivity (Wildman–Crippen MR) is 78.2 cm³/mol. The molecule has 0 aliphatic heterocycles. The number of nitrogen functional groups attached to an aromatic ring is 1. The molecule has 0 bridgehead atoms. The fourth-order valence-electron chi connectivity index (χ4n) is 1.65. The van der Waals surface area contributed by atoms with E-state index >= 15 is 0 Å². The topological polar surface area (TPSA) is 67.6 Å². The Balaban J connectivity index is 2.41. The normalized spacial score (nSPS) is 10.7. The van der Waals surface area contributed by atoms with Gasteiger partial charge in [-0.05, 0) is 31.7 Å². The summed E-state index contributed by atoms with van der Waals surface area (Å²) >= 11 is 0. The highest BCUT2D eigenvalue weighted by molar-refractivity contribution is 5.92. The summed E-state index contributed by atoms with van der Waals surface area (Å²) in [5.74, 6) is -0.00188. The molecular formula is C14H23N3O2. The molecule has 0 heterocycles. The van der Waals surface area contributed by atoms with E-state index < -0.39 is 0 Å². The zero-order valence-corrected chi connectivity index (χ0v) is 11.9. The van der Waals surface area contributed by atoms with Gasteiger partial charge in [-0.2, -0.15) is 0 Å². The lowest BCUT2D eigenvalue weighted by atomic mass is 10.1. The first kappa shape index (κ1) is 15.5. The van der Waals surface area contributed by atoms with Gasteiger partial charge in [-0.1, -0.05) is 6.07 Å². The van der Waals surface area contributed by atoms with Crippen LogP contribution in [0.3, 0.4) is 0 Å². The molecule has 0 saturated heterocycles. The van der Waals surface area contributed by atoms with Crippen molar-refractivity contribution in [2.24, 2.45) is 0 Å². The maximum Gasteiger partial charge on any atom is 0.225 e. The summed E-state index contributed by atoms with van der Waals surface area (Å²) in [7, 11) is 3.64. The number of methoxy groups -OCH3 is 1. The third-order valence-corrected chi connectivity index (χ3v) is 3.05. The number of carbonyl (C=O) groups excluding carboxylic acids is 1. The van der Waals surface area contributed by atoms with Crippen LogP contribution >= 0.6 is 0 Å². The van der Waals surface area contributed by atoms with Gasteiger partial charge in [0, 0.05) is 38.0 Å². The minimum absolute atomic E-state index is 0.00188. The lowest BCUT2D eigenvalue weighted by Gasteiger charge is -2.16. The van der Waals surface area contributed by atoms with E-state index in [2.05, 4.69) is 10.2 Å². The van der Waals surface area contributed by atoms with Crippen LogP contribution in [-0.2, 0) is 9.53 Å². The van der Waals surface area contributed by atoms with Crippen LogP contribution in [0.4, 0.5) is 11.4 Å². The molecule has 3 N–H and O–H groups in total. The summed E-state index contributed by atoms with van der Waals surface area (Å²) in [6.45, 7) is 4.10. The molecule has 0 radical (unpaired) electrons. The smallest absolute Gasteiger partial charge is 0.225 e. The molecule has 1 aromatic rings. The standard InChI is InChI=1S/C14H23N3O2/c1-11-12(15)5-4-6-13(11)16-14(18)7-8-17(2)9-10-19-3/h4-6H,7-10,15H2,1-3H3,(H,16,18). The van der Waals surface area contributed by atoms with Crippen molar-refractivity contribution < 1.29 is 9.53 Å². The third-order valence-electron chi connectivity index (χ3n) is 3.05. The number of nitrogens with two attached hydrogens (primary N) is 1. The monoisotopic (exact) mass is 265 g/mol. The number of hydrogen-bond acceptors (Lipinski definition) is 4. The molecule has 0 unspecified atom stereocenters. The summed E-state index contributed by atoms with van der Waals surface area (Å²) in [6.07, 6.45) is 0.453. The third kappa shape index (κ3) is 5.28. The average Bonchev–Trinajstić information content (AvgIpc) is 2.39. The highest BCUT2D eigenvalue weighted by Gasteiger charge is 2.07. The molecule has 0 aliphatic carbocycles. The number of likely N-dealkylation sites (N-methyl/N-ethyl adjacent to an activating group) is 1. The average molecular weight is 265 g/mol. The Kier molecular flexibility index (Phi) is 6.32. The van der Waals surface area contributed by atoms with Gasteiger partial charge in [0.15, 0.2) is 0 Å². The second-order valence-electron chi connectivity index (χ2n) is 4.61. The SMILES string of the molecule is COCCN(C)CCC(=O)Nc1cccc(N)c1C. The summed E-state index contributed by atoms with van der Waals surface area (Å²) < 4.78 is 4.99. The van der Waals surface area contributed by atoms with Crippen LogP contribution in [0.25, 0.3) is 0 Å². The van der Waals surface area contributed by atoms with Gasteiger partial charge in [0.05, 0.1) is 6.61 Å². The van der Waals surface area contributed by atoms with Crippen molar-refractivity contribution in [1.29, 1.82) is 0 Å². The molecule has 0 fully saturated rings.